The van der Waals surface area contributed by atoms with Crippen LogP contribution in [0, 0.1) is 0 Å². The zero-order valence-electron chi connectivity index (χ0n) is 17.1. The number of anilines is 1. The van der Waals surface area contributed by atoms with Gasteiger partial charge < -0.3 is 9.88 Å². The molecule has 2 aromatic carbocycles. The largest absolute Gasteiger partial charge is 0.330 e. The molecule has 9 heteroatoms. The van der Waals surface area contributed by atoms with Gasteiger partial charge in [0.1, 0.15) is 5.82 Å². The Morgan fingerprint density at radius 1 is 1.07 bits per heavy atom. The third-order valence-electron chi connectivity index (χ3n) is 5.43. The van der Waals surface area contributed by atoms with E-state index in [9.17, 15) is 13.2 Å². The molecule has 0 saturated carbocycles. The van der Waals surface area contributed by atoms with E-state index in [4.69, 9.17) is 4.98 Å². The minimum atomic E-state index is -3.13. The van der Waals surface area contributed by atoms with E-state index in [0.29, 0.717) is 44.0 Å². The number of fused-ring (bicyclic) bond motifs is 1. The van der Waals surface area contributed by atoms with Crippen molar-refractivity contribution in [3.63, 3.8) is 0 Å². The summed E-state index contributed by atoms with van der Waals surface area (Å²) in [5, 5.41) is 2.92. The first-order chi connectivity index (χ1) is 14.3. The molecule has 0 bridgehead atoms. The molecule has 158 valence electrons. The fraction of sp³-hybridized carbons (Fsp3) is 0.333. The molecule has 3 aromatic rings. The smallest absolute Gasteiger partial charge is 0.255 e. The number of rotatable bonds is 5. The Kier molecular flexibility index (Phi) is 5.59. The molecule has 1 fully saturated rings. The number of aryl methyl sites for hydroxylation is 1. The van der Waals surface area contributed by atoms with E-state index >= 15 is 0 Å². The molecule has 0 unspecified atom stereocenters. The monoisotopic (exact) mass is 427 g/mol. The number of aromatic nitrogens is 2. The molecule has 0 radical (unpaired) electrons. The van der Waals surface area contributed by atoms with Crippen LogP contribution in [-0.2, 0) is 23.6 Å². The van der Waals surface area contributed by atoms with Crippen LogP contribution in [-0.4, -0.2) is 65.5 Å². The molecule has 1 amide bonds. The molecule has 1 saturated heterocycles. The molecule has 1 aliphatic heterocycles. The van der Waals surface area contributed by atoms with Crippen LogP contribution >= 0.6 is 0 Å². The first-order valence-corrected chi connectivity index (χ1v) is 11.7. The standard InChI is InChI=1S/C21H25N5O3S/c1-24-19-9-8-17(22-21(27)16-6-4-3-5-7-16)14-18(19)23-20(24)15-25-10-12-26(13-11-25)30(2,28)29/h3-9,14H,10-13,15H2,1-2H3,(H,22,27). The van der Waals surface area contributed by atoms with Gasteiger partial charge in [-0.1, -0.05) is 18.2 Å². The van der Waals surface area contributed by atoms with Crippen molar-refractivity contribution in [2.24, 2.45) is 7.05 Å². The minimum Gasteiger partial charge on any atom is -0.330 e. The molecular weight excluding hydrogens is 402 g/mol. The molecule has 2 heterocycles. The van der Waals surface area contributed by atoms with Crippen molar-refractivity contribution in [2.75, 3.05) is 37.8 Å². The number of carbonyl (C=O) groups is 1. The highest BCUT2D eigenvalue weighted by Crippen LogP contribution is 2.21. The Labute approximate surface area is 176 Å². The molecule has 1 N–H and O–H groups in total. The summed E-state index contributed by atoms with van der Waals surface area (Å²) in [5.41, 5.74) is 3.10. The summed E-state index contributed by atoms with van der Waals surface area (Å²) in [5.74, 6) is 0.749. The third-order valence-corrected chi connectivity index (χ3v) is 6.74. The Morgan fingerprint density at radius 2 is 1.77 bits per heavy atom. The molecule has 30 heavy (non-hydrogen) atoms. The molecule has 8 nitrogen and oxygen atoms in total. The van der Waals surface area contributed by atoms with Crippen molar-refractivity contribution in [2.45, 2.75) is 6.54 Å². The first-order valence-electron chi connectivity index (χ1n) is 9.80. The van der Waals surface area contributed by atoms with Gasteiger partial charge >= 0.3 is 0 Å². The lowest BCUT2D eigenvalue weighted by atomic mass is 10.2. The number of carbonyl (C=O) groups excluding carboxylic acids is 1. The van der Waals surface area contributed by atoms with Crippen LogP contribution in [0.25, 0.3) is 11.0 Å². The number of imidazole rings is 1. The van der Waals surface area contributed by atoms with Crippen LogP contribution < -0.4 is 5.32 Å². The zero-order chi connectivity index (χ0) is 21.3. The number of amides is 1. The van der Waals surface area contributed by atoms with E-state index in [1.807, 2.05) is 48.0 Å². The number of benzene rings is 2. The SMILES string of the molecule is Cn1c(CN2CCN(S(C)(=O)=O)CC2)nc2cc(NC(=O)c3ccccc3)ccc21. The van der Waals surface area contributed by atoms with Gasteiger partial charge in [-0.3, -0.25) is 9.69 Å². The summed E-state index contributed by atoms with van der Waals surface area (Å²) in [4.78, 5) is 19.4. The summed E-state index contributed by atoms with van der Waals surface area (Å²) >= 11 is 0. The number of nitrogens with one attached hydrogen (secondary N) is 1. The maximum absolute atomic E-state index is 12.4. The van der Waals surface area contributed by atoms with E-state index in [2.05, 4.69) is 10.2 Å². The Morgan fingerprint density at radius 3 is 2.43 bits per heavy atom. The highest BCUT2D eigenvalue weighted by atomic mass is 32.2. The molecule has 1 aliphatic rings. The number of sulfonamides is 1. The second-order valence-corrected chi connectivity index (χ2v) is 9.53. The van der Waals surface area contributed by atoms with E-state index in [-0.39, 0.29) is 5.91 Å². The van der Waals surface area contributed by atoms with Gasteiger partial charge in [0, 0.05) is 44.5 Å². The molecule has 0 spiro atoms. The average Bonchev–Trinajstić information content (AvgIpc) is 3.03. The summed E-state index contributed by atoms with van der Waals surface area (Å²) in [6.07, 6.45) is 1.25. The van der Waals surface area contributed by atoms with Crippen LogP contribution in [0.5, 0.6) is 0 Å². The lowest BCUT2D eigenvalue weighted by molar-refractivity contribution is 0.102. The topological polar surface area (TPSA) is 87.5 Å². The van der Waals surface area contributed by atoms with Crippen molar-refractivity contribution in [3.05, 3.63) is 59.9 Å². The number of piperazine rings is 1. The number of hydrogen-bond acceptors (Lipinski definition) is 5. The van der Waals surface area contributed by atoms with Crippen molar-refractivity contribution in [1.29, 1.82) is 0 Å². The maximum Gasteiger partial charge on any atom is 0.255 e. The van der Waals surface area contributed by atoms with E-state index in [0.717, 1.165) is 16.9 Å². The van der Waals surface area contributed by atoms with E-state index in [1.165, 1.54) is 10.6 Å². The summed E-state index contributed by atoms with van der Waals surface area (Å²) in [7, 11) is -1.16. The van der Waals surface area contributed by atoms with Gasteiger partial charge in [-0.15, -0.1) is 0 Å². The van der Waals surface area contributed by atoms with E-state index in [1.54, 1.807) is 12.1 Å². The molecule has 4 rings (SSSR count). The van der Waals surface area contributed by atoms with Crippen LogP contribution in [0.4, 0.5) is 5.69 Å². The second kappa shape index (κ2) is 8.17. The highest BCUT2D eigenvalue weighted by molar-refractivity contribution is 7.88. The zero-order valence-corrected chi connectivity index (χ0v) is 17.9. The van der Waals surface area contributed by atoms with Crippen LogP contribution in [0.15, 0.2) is 48.5 Å². The van der Waals surface area contributed by atoms with Gasteiger partial charge in [-0.2, -0.15) is 4.31 Å². The quantitative estimate of drug-likeness (QED) is 0.672. The fourth-order valence-electron chi connectivity index (χ4n) is 3.68. The summed E-state index contributed by atoms with van der Waals surface area (Å²) < 4.78 is 26.9. The Balaban J connectivity index is 1.47. The van der Waals surface area contributed by atoms with Gasteiger partial charge in [0.25, 0.3) is 5.91 Å². The molecule has 1 aromatic heterocycles. The third kappa shape index (κ3) is 4.38. The van der Waals surface area contributed by atoms with Crippen LogP contribution in [0.1, 0.15) is 16.2 Å². The van der Waals surface area contributed by atoms with Crippen LogP contribution in [0.3, 0.4) is 0 Å². The molecular formula is C21H25N5O3S. The predicted molar refractivity (Wildman–Crippen MR) is 117 cm³/mol. The van der Waals surface area contributed by atoms with Gasteiger partial charge in [0.2, 0.25) is 10.0 Å². The van der Waals surface area contributed by atoms with Crippen molar-refractivity contribution >= 4 is 32.7 Å². The Bertz CT molecular complexity index is 1170. The van der Waals surface area contributed by atoms with Crippen LogP contribution in [0.2, 0.25) is 0 Å². The van der Waals surface area contributed by atoms with Crippen molar-refractivity contribution in [1.82, 2.24) is 18.8 Å². The lowest BCUT2D eigenvalue weighted by Gasteiger charge is -2.32. The van der Waals surface area contributed by atoms with Gasteiger partial charge in [-0.05, 0) is 30.3 Å². The summed E-state index contributed by atoms with van der Waals surface area (Å²) in [6, 6.07) is 14.8. The predicted octanol–water partition coefficient (Wildman–Crippen LogP) is 1.90. The highest BCUT2D eigenvalue weighted by Gasteiger charge is 2.24. The maximum atomic E-state index is 12.4. The van der Waals surface area contributed by atoms with Gasteiger partial charge in [0.15, 0.2) is 0 Å². The second-order valence-electron chi connectivity index (χ2n) is 7.55. The fourth-order valence-corrected chi connectivity index (χ4v) is 4.51. The van der Waals surface area contributed by atoms with Gasteiger partial charge in [0.05, 0.1) is 23.8 Å². The number of hydrogen-bond donors (Lipinski definition) is 1. The number of nitrogens with zero attached hydrogens (tertiary/aromatic N) is 4. The Hall–Kier alpha value is -2.75. The molecule has 0 atom stereocenters. The average molecular weight is 428 g/mol. The summed E-state index contributed by atoms with van der Waals surface area (Å²) in [6.45, 7) is 2.99. The normalized spacial score (nSPS) is 16.1. The minimum absolute atomic E-state index is 0.158. The van der Waals surface area contributed by atoms with Crippen molar-refractivity contribution in [3.8, 4) is 0 Å². The lowest BCUT2D eigenvalue weighted by Crippen LogP contribution is -2.48. The van der Waals surface area contributed by atoms with E-state index < -0.39 is 10.0 Å². The van der Waals surface area contributed by atoms with Crippen molar-refractivity contribution < 1.29 is 13.2 Å². The first kappa shape index (κ1) is 20.5. The molecule has 0 aliphatic carbocycles. The van der Waals surface area contributed by atoms with Gasteiger partial charge in [-0.25, -0.2) is 13.4 Å².